The molecule has 11 heteroatoms. The average Bonchev–Trinajstić information content (AvgIpc) is 3.05. The quantitative estimate of drug-likeness (QED) is 0.304. The van der Waals surface area contributed by atoms with Crippen molar-refractivity contribution in [2.75, 3.05) is 20.2 Å². The largest absolute Gasteiger partial charge is 0.490 e. The lowest BCUT2D eigenvalue weighted by atomic mass is 10.2. The number of guanidine groups is 1. The number of ether oxygens (including phenoxy) is 2. The van der Waals surface area contributed by atoms with Gasteiger partial charge in [0.2, 0.25) is 5.89 Å². The third-order valence-corrected chi connectivity index (χ3v) is 3.44. The Balaban J connectivity index is 0.00000392. The third-order valence-electron chi connectivity index (χ3n) is 3.44. The molecule has 0 aliphatic rings. The topological polar surface area (TPSA) is 93.8 Å². The molecule has 0 unspecified atom stereocenters. The molecule has 0 fully saturated rings. The van der Waals surface area contributed by atoms with Crippen molar-refractivity contribution in [1.29, 1.82) is 0 Å². The van der Waals surface area contributed by atoms with E-state index in [1.807, 2.05) is 0 Å². The van der Waals surface area contributed by atoms with Gasteiger partial charge in [-0.05, 0) is 19.9 Å². The minimum absolute atomic E-state index is 0. The molecule has 28 heavy (non-hydrogen) atoms. The third kappa shape index (κ3) is 7.44. The van der Waals surface area contributed by atoms with Crippen LogP contribution in [0.1, 0.15) is 24.2 Å². The second-order valence-electron chi connectivity index (χ2n) is 5.39. The molecular formula is C17H24F2IN5O3. The first kappa shape index (κ1) is 23.9. The van der Waals surface area contributed by atoms with Gasteiger partial charge in [-0.25, -0.2) is 0 Å². The number of aliphatic imine (C=N–C) groups is 1. The number of benzene rings is 1. The maximum Gasteiger partial charge on any atom is 0.387 e. The first-order valence-electron chi connectivity index (χ1n) is 8.46. The van der Waals surface area contributed by atoms with Gasteiger partial charge in [-0.15, -0.1) is 24.0 Å². The molecule has 0 amide bonds. The molecule has 1 aromatic heterocycles. The molecule has 0 atom stereocenters. The van der Waals surface area contributed by atoms with E-state index in [4.69, 9.17) is 9.26 Å². The molecule has 0 radical (unpaired) electrons. The maximum atomic E-state index is 12.8. The van der Waals surface area contributed by atoms with Crippen LogP contribution in [-0.2, 0) is 13.0 Å². The number of halogens is 3. The first-order valence-corrected chi connectivity index (χ1v) is 8.46. The number of aromatic nitrogens is 2. The lowest BCUT2D eigenvalue weighted by Crippen LogP contribution is -2.38. The molecule has 0 saturated carbocycles. The highest BCUT2D eigenvalue weighted by Gasteiger charge is 2.16. The van der Waals surface area contributed by atoms with Crippen molar-refractivity contribution in [3.63, 3.8) is 0 Å². The number of nitrogens with zero attached hydrogens (tertiary/aromatic N) is 3. The number of para-hydroxylation sites is 1. The van der Waals surface area contributed by atoms with Gasteiger partial charge in [0.15, 0.2) is 23.3 Å². The molecule has 1 heterocycles. The van der Waals surface area contributed by atoms with Crippen LogP contribution in [0.25, 0.3) is 0 Å². The summed E-state index contributed by atoms with van der Waals surface area (Å²) in [6.45, 7) is 1.66. The van der Waals surface area contributed by atoms with E-state index in [0.29, 0.717) is 42.8 Å². The smallest absolute Gasteiger partial charge is 0.387 e. The van der Waals surface area contributed by atoms with Crippen LogP contribution >= 0.6 is 24.0 Å². The van der Waals surface area contributed by atoms with E-state index in [-0.39, 0.29) is 42.0 Å². The van der Waals surface area contributed by atoms with Gasteiger partial charge in [-0.3, -0.25) is 4.99 Å². The Morgan fingerprint density at radius 2 is 2.11 bits per heavy atom. The van der Waals surface area contributed by atoms with Crippen LogP contribution in [-0.4, -0.2) is 42.9 Å². The number of nitrogens with one attached hydrogen (secondary N) is 2. The van der Waals surface area contributed by atoms with Gasteiger partial charge in [-0.2, -0.15) is 13.8 Å². The highest BCUT2D eigenvalue weighted by atomic mass is 127. The summed E-state index contributed by atoms with van der Waals surface area (Å²) in [5, 5.41) is 9.86. The molecule has 2 N–H and O–H groups in total. The van der Waals surface area contributed by atoms with Crippen molar-refractivity contribution in [1.82, 2.24) is 20.8 Å². The Morgan fingerprint density at radius 3 is 2.71 bits per heavy atom. The normalized spacial score (nSPS) is 11.1. The van der Waals surface area contributed by atoms with Gasteiger partial charge in [0.25, 0.3) is 0 Å². The second-order valence-corrected chi connectivity index (χ2v) is 5.39. The summed E-state index contributed by atoms with van der Waals surface area (Å²) in [4.78, 5) is 8.21. The predicted octanol–water partition coefficient (Wildman–Crippen LogP) is 2.90. The summed E-state index contributed by atoms with van der Waals surface area (Å²) in [5.74, 6) is 1.88. The van der Waals surface area contributed by atoms with Crippen LogP contribution in [0.2, 0.25) is 0 Å². The van der Waals surface area contributed by atoms with E-state index < -0.39 is 6.61 Å². The number of hydrogen-bond donors (Lipinski definition) is 2. The lowest BCUT2D eigenvalue weighted by Gasteiger charge is -2.17. The maximum absolute atomic E-state index is 12.8. The Labute approximate surface area is 179 Å². The Morgan fingerprint density at radius 1 is 1.32 bits per heavy atom. The molecule has 156 valence electrons. The molecule has 8 nitrogen and oxygen atoms in total. The summed E-state index contributed by atoms with van der Waals surface area (Å²) in [6, 6.07) is 4.99. The summed E-state index contributed by atoms with van der Waals surface area (Å²) < 4.78 is 40.6. The van der Waals surface area contributed by atoms with E-state index in [1.54, 1.807) is 39.1 Å². The molecule has 0 aliphatic heterocycles. The van der Waals surface area contributed by atoms with Crippen molar-refractivity contribution < 1.29 is 22.8 Å². The zero-order valence-electron chi connectivity index (χ0n) is 15.9. The second kappa shape index (κ2) is 12.3. The van der Waals surface area contributed by atoms with Crippen LogP contribution in [0.4, 0.5) is 8.78 Å². The molecule has 2 aromatic rings. The minimum Gasteiger partial charge on any atom is -0.490 e. The van der Waals surface area contributed by atoms with Crippen LogP contribution < -0.4 is 20.1 Å². The highest BCUT2D eigenvalue weighted by molar-refractivity contribution is 14.0. The van der Waals surface area contributed by atoms with Gasteiger partial charge < -0.3 is 24.6 Å². The van der Waals surface area contributed by atoms with E-state index in [0.717, 1.165) is 0 Å². The molecule has 2 rings (SSSR count). The number of alkyl halides is 2. The number of hydrogen-bond acceptors (Lipinski definition) is 6. The fourth-order valence-corrected chi connectivity index (χ4v) is 2.32. The van der Waals surface area contributed by atoms with Crippen molar-refractivity contribution in [2.24, 2.45) is 4.99 Å². The van der Waals surface area contributed by atoms with Gasteiger partial charge in [-0.1, -0.05) is 17.3 Å². The Kier molecular flexibility index (Phi) is 10.5. The SMILES string of the molecule is CCOc1cccc(CNC(=NC)NCCc2nc(C)no2)c1OC(F)F.I. The highest BCUT2D eigenvalue weighted by Crippen LogP contribution is 2.32. The van der Waals surface area contributed by atoms with Crippen LogP contribution in [0.5, 0.6) is 11.5 Å². The Hall–Kier alpha value is -2.18. The lowest BCUT2D eigenvalue weighted by molar-refractivity contribution is -0.0520. The molecule has 0 saturated heterocycles. The van der Waals surface area contributed by atoms with Gasteiger partial charge >= 0.3 is 6.61 Å². The zero-order valence-corrected chi connectivity index (χ0v) is 18.2. The van der Waals surface area contributed by atoms with Crippen molar-refractivity contribution >= 4 is 29.9 Å². The van der Waals surface area contributed by atoms with Gasteiger partial charge in [0.05, 0.1) is 6.61 Å². The summed E-state index contributed by atoms with van der Waals surface area (Å²) in [5.41, 5.74) is 0.525. The zero-order chi connectivity index (χ0) is 19.6. The molecular weight excluding hydrogens is 487 g/mol. The van der Waals surface area contributed by atoms with Crippen LogP contribution in [0.3, 0.4) is 0 Å². The first-order chi connectivity index (χ1) is 13.0. The van der Waals surface area contributed by atoms with E-state index in [9.17, 15) is 8.78 Å². The van der Waals surface area contributed by atoms with Gasteiger partial charge in [0.1, 0.15) is 0 Å². The van der Waals surface area contributed by atoms with Crippen molar-refractivity contribution in [2.45, 2.75) is 33.4 Å². The van der Waals surface area contributed by atoms with Crippen LogP contribution in [0.15, 0.2) is 27.7 Å². The standard InChI is InChI=1S/C17H23F2N5O3.HI/c1-4-25-13-7-5-6-12(15(13)26-16(18)19)10-22-17(20-3)21-9-8-14-23-11(2)24-27-14;/h5-7,16H,4,8-10H2,1-3H3,(H2,20,21,22);1H. The van der Waals surface area contributed by atoms with Gasteiger partial charge in [0, 0.05) is 32.1 Å². The van der Waals surface area contributed by atoms with E-state index in [1.165, 1.54) is 0 Å². The van der Waals surface area contributed by atoms with Crippen molar-refractivity contribution in [3.8, 4) is 11.5 Å². The fraction of sp³-hybridized carbons (Fsp3) is 0.471. The predicted molar refractivity (Wildman–Crippen MR) is 111 cm³/mol. The summed E-state index contributed by atoms with van der Waals surface area (Å²) in [6.07, 6.45) is 0.529. The average molecular weight is 511 g/mol. The minimum atomic E-state index is -2.94. The molecule has 0 spiro atoms. The number of aryl methyl sites for hydroxylation is 1. The molecule has 1 aromatic carbocycles. The van der Waals surface area contributed by atoms with Crippen molar-refractivity contribution in [3.05, 3.63) is 35.5 Å². The number of rotatable bonds is 9. The van der Waals surface area contributed by atoms with Crippen LogP contribution in [0, 0.1) is 6.92 Å². The Bertz CT molecular complexity index is 758. The molecule has 0 aliphatic carbocycles. The summed E-state index contributed by atoms with van der Waals surface area (Å²) in [7, 11) is 1.61. The van der Waals surface area contributed by atoms with E-state index in [2.05, 4.69) is 30.5 Å². The summed E-state index contributed by atoms with van der Waals surface area (Å²) >= 11 is 0. The molecule has 0 bridgehead atoms. The monoisotopic (exact) mass is 511 g/mol. The fourth-order valence-electron chi connectivity index (χ4n) is 2.32. The van der Waals surface area contributed by atoms with E-state index >= 15 is 0 Å².